The van der Waals surface area contributed by atoms with Crippen LogP contribution in [-0.4, -0.2) is 142 Å². The van der Waals surface area contributed by atoms with Crippen molar-refractivity contribution in [3.63, 3.8) is 0 Å². The summed E-state index contributed by atoms with van der Waals surface area (Å²) in [7, 11) is 0. The van der Waals surface area contributed by atoms with Gasteiger partial charge in [0.05, 0.1) is 12.0 Å². The maximum atomic E-state index is 15.6. The second kappa shape index (κ2) is 16.4. The minimum Gasteiger partial charge on any atom is -0.368 e. The van der Waals surface area contributed by atoms with Gasteiger partial charge < -0.3 is 19.4 Å². The first-order chi connectivity index (χ1) is 25.4. The topological polar surface area (TPSA) is 76.6 Å². The lowest BCUT2D eigenvalue weighted by Crippen LogP contribution is -2.56. The lowest BCUT2D eigenvalue weighted by Gasteiger charge is -2.43. The van der Waals surface area contributed by atoms with E-state index >= 15 is 9.18 Å². The number of piperazine rings is 1. The van der Waals surface area contributed by atoms with E-state index in [-0.39, 0.29) is 41.8 Å². The third-order valence-electron chi connectivity index (χ3n) is 13.5. The van der Waals surface area contributed by atoms with E-state index in [1.165, 1.54) is 12.1 Å². The van der Waals surface area contributed by atoms with Gasteiger partial charge in [0.2, 0.25) is 11.8 Å². The Morgan fingerprint density at radius 3 is 2.26 bits per heavy atom. The summed E-state index contributed by atoms with van der Waals surface area (Å²) in [5, 5.41) is 0. The van der Waals surface area contributed by atoms with Gasteiger partial charge in [-0.15, -0.1) is 0 Å². The summed E-state index contributed by atoms with van der Waals surface area (Å²) in [6.07, 6.45) is 7.24. The molecular formula is C41H61F2N5O4S. The lowest BCUT2D eigenvalue weighted by molar-refractivity contribution is -0.148. The Balaban J connectivity index is 1.21. The number of likely N-dealkylation sites (tertiary alicyclic amines) is 2. The minimum atomic E-state index is -0.711. The van der Waals surface area contributed by atoms with Crippen LogP contribution in [0.4, 0.5) is 8.78 Å². The molecule has 5 aliphatic heterocycles. The van der Waals surface area contributed by atoms with Crippen molar-refractivity contribution < 1.29 is 27.9 Å². The predicted octanol–water partition coefficient (Wildman–Crippen LogP) is 5.37. The van der Waals surface area contributed by atoms with Gasteiger partial charge in [0.15, 0.2) is 0 Å². The molecule has 5 heterocycles. The van der Waals surface area contributed by atoms with Gasteiger partial charge in [-0.3, -0.25) is 24.2 Å². The van der Waals surface area contributed by atoms with Gasteiger partial charge >= 0.3 is 0 Å². The number of benzene rings is 1. The number of thioether (sulfide) groups is 1. The number of halogens is 2. The van der Waals surface area contributed by atoms with Crippen molar-refractivity contribution in [3.8, 4) is 0 Å². The van der Waals surface area contributed by atoms with Crippen LogP contribution in [0.25, 0.3) is 0 Å². The zero-order chi connectivity index (χ0) is 37.4. The van der Waals surface area contributed by atoms with E-state index < -0.39 is 35.6 Å². The summed E-state index contributed by atoms with van der Waals surface area (Å²) in [5.74, 6) is -0.422. The lowest BCUT2D eigenvalue weighted by atomic mass is 9.75. The van der Waals surface area contributed by atoms with Crippen molar-refractivity contribution >= 4 is 29.5 Å². The molecule has 6 aliphatic rings. The van der Waals surface area contributed by atoms with Gasteiger partial charge in [-0.05, 0) is 100 Å². The maximum Gasteiger partial charge on any atom is 0.252 e. The number of hydrogen-bond acceptors (Lipinski definition) is 7. The summed E-state index contributed by atoms with van der Waals surface area (Å²) in [6.45, 7) is 13.5. The highest BCUT2D eigenvalue weighted by Gasteiger charge is 2.52. The fourth-order valence-corrected chi connectivity index (χ4v) is 11.3. The summed E-state index contributed by atoms with van der Waals surface area (Å²) < 4.78 is 35.7. The molecule has 1 saturated carbocycles. The highest BCUT2D eigenvalue weighted by molar-refractivity contribution is 7.99. The van der Waals surface area contributed by atoms with Gasteiger partial charge in [0.1, 0.15) is 23.8 Å². The van der Waals surface area contributed by atoms with Crippen LogP contribution in [0, 0.1) is 23.0 Å². The molecule has 9 nitrogen and oxygen atoms in total. The van der Waals surface area contributed by atoms with Crippen LogP contribution in [0.1, 0.15) is 97.0 Å². The average Bonchev–Trinajstić information content (AvgIpc) is 3.93. The molecule has 5 atom stereocenters. The monoisotopic (exact) mass is 757 g/mol. The molecule has 1 aromatic rings. The average molecular weight is 758 g/mol. The molecule has 0 bridgehead atoms. The molecule has 294 valence electrons. The van der Waals surface area contributed by atoms with Crippen molar-refractivity contribution in [1.82, 2.24) is 24.5 Å². The molecule has 1 aliphatic carbocycles. The molecule has 1 aromatic carbocycles. The third-order valence-corrected chi connectivity index (χ3v) is 14.5. The van der Waals surface area contributed by atoms with Gasteiger partial charge in [0.25, 0.3) is 5.91 Å². The Morgan fingerprint density at radius 2 is 1.62 bits per heavy atom. The fourth-order valence-electron chi connectivity index (χ4n) is 10.2. The number of amides is 3. The van der Waals surface area contributed by atoms with Crippen LogP contribution in [0.5, 0.6) is 0 Å². The van der Waals surface area contributed by atoms with E-state index in [1.807, 2.05) is 21.6 Å². The van der Waals surface area contributed by atoms with Crippen LogP contribution in [0.15, 0.2) is 18.2 Å². The van der Waals surface area contributed by atoms with E-state index in [1.54, 1.807) is 4.90 Å². The van der Waals surface area contributed by atoms with Crippen molar-refractivity contribution in [2.45, 2.75) is 128 Å². The van der Waals surface area contributed by atoms with E-state index in [0.29, 0.717) is 63.3 Å². The first kappa shape index (κ1) is 39.0. The molecular weight excluding hydrogens is 697 g/mol. The second-order valence-corrected chi connectivity index (χ2v) is 18.9. The highest BCUT2D eigenvalue weighted by atomic mass is 32.2. The molecule has 0 spiro atoms. The molecule has 0 N–H and O–H groups in total. The first-order valence-corrected chi connectivity index (χ1v) is 21.6. The van der Waals surface area contributed by atoms with Crippen LogP contribution >= 0.6 is 11.8 Å². The summed E-state index contributed by atoms with van der Waals surface area (Å²) in [5.41, 5.74) is 0.570. The smallest absolute Gasteiger partial charge is 0.252 e. The standard InChI is InChI=1S/C41H61F2N5O4S/c1-27(2)44-15-17-45(18-16-44)39(50)36-23-31(48(40(51)37-6-5-19-52-37)30-9-13-41(3,4)14-10-30)24-47(36)38(49)34-26-46(29-11-20-53-21-12-29)25-33(34)32-8-7-28(42)22-35(32)43/h7-8,22,27,29-31,33-34,36-37H,5-6,9-21,23-26H2,1-4H3/t31-,33-,34+,36-,37?/m0/s1. The number of carbonyl (C=O) groups is 3. The molecule has 6 fully saturated rings. The molecule has 53 heavy (non-hydrogen) atoms. The van der Waals surface area contributed by atoms with Crippen molar-refractivity contribution in [2.75, 3.05) is 63.9 Å². The fraction of sp³-hybridized carbons (Fsp3) is 0.780. The number of ether oxygens (including phenoxy) is 1. The van der Waals surface area contributed by atoms with Crippen LogP contribution in [-0.2, 0) is 19.1 Å². The third kappa shape index (κ3) is 8.46. The summed E-state index contributed by atoms with van der Waals surface area (Å²) >= 11 is 1.94. The second-order valence-electron chi connectivity index (χ2n) is 17.7. The van der Waals surface area contributed by atoms with Crippen molar-refractivity contribution in [3.05, 3.63) is 35.4 Å². The Hall–Kier alpha value is -2.28. The van der Waals surface area contributed by atoms with E-state index in [4.69, 9.17) is 4.74 Å². The van der Waals surface area contributed by atoms with E-state index in [9.17, 15) is 14.0 Å². The summed E-state index contributed by atoms with van der Waals surface area (Å²) in [6, 6.07) is 3.40. The molecule has 1 unspecified atom stereocenters. The Labute approximate surface area is 319 Å². The largest absolute Gasteiger partial charge is 0.368 e. The Bertz CT molecular complexity index is 1470. The molecule has 5 saturated heterocycles. The molecule has 0 radical (unpaired) electrons. The van der Waals surface area contributed by atoms with Crippen LogP contribution in [0.3, 0.4) is 0 Å². The van der Waals surface area contributed by atoms with Crippen molar-refractivity contribution in [2.24, 2.45) is 11.3 Å². The highest BCUT2D eigenvalue weighted by Crippen LogP contribution is 2.42. The molecule has 0 aromatic heterocycles. The van der Waals surface area contributed by atoms with Crippen LogP contribution < -0.4 is 0 Å². The SMILES string of the molecule is CC(C)N1CCN(C(=O)[C@@H]2C[C@H](N(C(=O)C3CCCO3)C3CCC(C)(C)CC3)CN2C(=O)[C@@H]2CN(C3CCSCC3)C[C@H]2c2ccc(F)cc2F)CC1. The summed E-state index contributed by atoms with van der Waals surface area (Å²) in [4.78, 5) is 54.8. The Kier molecular flexibility index (Phi) is 12.1. The normalized spacial score (nSPS) is 30.7. The number of rotatable bonds is 8. The number of nitrogens with zero attached hydrogens (tertiary/aromatic N) is 5. The maximum absolute atomic E-state index is 15.6. The molecule has 12 heteroatoms. The van der Waals surface area contributed by atoms with Crippen LogP contribution in [0.2, 0.25) is 0 Å². The van der Waals surface area contributed by atoms with E-state index in [2.05, 4.69) is 37.5 Å². The number of carbonyl (C=O) groups excluding carboxylic acids is 3. The van der Waals surface area contributed by atoms with Gasteiger partial charge in [-0.25, -0.2) is 8.78 Å². The van der Waals surface area contributed by atoms with Gasteiger partial charge in [0, 0.05) is 82.5 Å². The van der Waals surface area contributed by atoms with E-state index in [0.717, 1.165) is 75.6 Å². The minimum absolute atomic E-state index is 0.00304. The predicted molar refractivity (Wildman–Crippen MR) is 204 cm³/mol. The van der Waals surface area contributed by atoms with Gasteiger partial charge in [-0.1, -0.05) is 19.9 Å². The number of hydrogen-bond donors (Lipinski definition) is 0. The molecule has 7 rings (SSSR count). The Morgan fingerprint density at radius 1 is 0.906 bits per heavy atom. The van der Waals surface area contributed by atoms with Gasteiger partial charge in [-0.2, -0.15) is 11.8 Å². The van der Waals surface area contributed by atoms with Crippen molar-refractivity contribution in [1.29, 1.82) is 0 Å². The zero-order valence-electron chi connectivity index (χ0n) is 32.3. The zero-order valence-corrected chi connectivity index (χ0v) is 33.1. The first-order valence-electron chi connectivity index (χ1n) is 20.4. The molecule has 3 amide bonds. The quantitative estimate of drug-likeness (QED) is 0.353.